The smallest absolute Gasteiger partial charge is 0.744 e. The van der Waals surface area contributed by atoms with Crippen molar-refractivity contribution in [1.29, 1.82) is 0 Å². The molecule has 0 aliphatic heterocycles. The van der Waals surface area contributed by atoms with Crippen LogP contribution < -0.4 is 29.6 Å². The van der Waals surface area contributed by atoms with Gasteiger partial charge in [-0.25, -0.2) is 13.2 Å². The van der Waals surface area contributed by atoms with E-state index in [0.717, 1.165) is 12.1 Å². The Morgan fingerprint density at radius 2 is 1.86 bits per heavy atom. The zero-order valence-electron chi connectivity index (χ0n) is 11.9. The number of rotatable bonds is 6. The Hall–Kier alpha value is -0.770. The first-order chi connectivity index (χ1) is 9.27. The third kappa shape index (κ3) is 5.85. The normalized spacial score (nSPS) is 10.6. The molecule has 110 valence electrons. The molecule has 0 saturated carbocycles. The van der Waals surface area contributed by atoms with Crippen LogP contribution in [0.5, 0.6) is 0 Å². The van der Waals surface area contributed by atoms with Crippen LogP contribution in [0.3, 0.4) is 0 Å². The largest absolute Gasteiger partial charge is 1.00 e. The summed E-state index contributed by atoms with van der Waals surface area (Å²) in [5.74, 6) is -1.39. The van der Waals surface area contributed by atoms with Gasteiger partial charge in [0.1, 0.15) is 16.7 Å². The molecule has 9 heteroatoms. The molecule has 0 atom stereocenters. The minimum atomic E-state index is -4.90. The average molecular weight is 324 g/mol. The van der Waals surface area contributed by atoms with E-state index >= 15 is 0 Å². The van der Waals surface area contributed by atoms with Gasteiger partial charge in [0.2, 0.25) is 0 Å². The van der Waals surface area contributed by atoms with Crippen molar-refractivity contribution in [2.24, 2.45) is 0 Å². The first-order valence-corrected chi connectivity index (χ1v) is 6.95. The maximum absolute atomic E-state index is 11.7. The summed E-state index contributed by atoms with van der Waals surface area (Å²) in [5, 5.41) is 0. The van der Waals surface area contributed by atoms with Gasteiger partial charge < -0.3 is 14.0 Å². The Labute approximate surface area is 144 Å². The molecule has 0 aliphatic rings. The summed E-state index contributed by atoms with van der Waals surface area (Å²) in [6.07, 6.45) is 0. The molecule has 0 unspecified atom stereocenters. The van der Waals surface area contributed by atoms with Crippen LogP contribution in [0.4, 0.5) is 0 Å². The van der Waals surface area contributed by atoms with E-state index in [4.69, 9.17) is 4.74 Å². The second-order valence-corrected chi connectivity index (χ2v) is 5.20. The van der Waals surface area contributed by atoms with Gasteiger partial charge in [0.25, 0.3) is 0 Å². The SMILES string of the molecule is COCCOC(=O)c1ccc(C(C)=O)cc1S(=O)(=O)[O-].[Na+]. The molecule has 1 aromatic carbocycles. The second-order valence-electron chi connectivity index (χ2n) is 3.85. The Morgan fingerprint density at radius 3 is 2.33 bits per heavy atom. The summed E-state index contributed by atoms with van der Waals surface area (Å²) in [7, 11) is -3.49. The molecule has 0 heterocycles. The second kappa shape index (κ2) is 8.62. The molecule has 7 nitrogen and oxygen atoms in total. The fourth-order valence-electron chi connectivity index (χ4n) is 1.41. The molecule has 1 rings (SSSR count). The Bertz CT molecular complexity index is 624. The van der Waals surface area contributed by atoms with Crippen molar-refractivity contribution >= 4 is 21.9 Å². The number of ketones is 1. The summed E-state index contributed by atoms with van der Waals surface area (Å²) in [6.45, 7) is 1.27. The molecule has 0 saturated heterocycles. The Balaban J connectivity index is 0.00000400. The van der Waals surface area contributed by atoms with Gasteiger partial charge in [-0.1, -0.05) is 6.07 Å². The Morgan fingerprint density at radius 1 is 1.24 bits per heavy atom. The van der Waals surface area contributed by atoms with Crippen LogP contribution in [0.2, 0.25) is 0 Å². The standard InChI is InChI=1S/C12H14O7S.Na/c1-8(13)9-3-4-10(11(7-9)20(15,16)17)12(14)19-6-5-18-2;/h3-4,7H,5-6H2,1-2H3,(H,15,16,17);/q;+1/p-1. The minimum Gasteiger partial charge on any atom is -0.744 e. The molecule has 0 aliphatic carbocycles. The molecule has 0 fully saturated rings. The van der Waals surface area contributed by atoms with Gasteiger partial charge in [-0.15, -0.1) is 0 Å². The van der Waals surface area contributed by atoms with E-state index in [1.165, 1.54) is 20.1 Å². The van der Waals surface area contributed by atoms with Crippen LogP contribution in [0.1, 0.15) is 27.6 Å². The fourth-order valence-corrected chi connectivity index (χ4v) is 2.10. The molecule has 0 spiro atoms. The van der Waals surface area contributed by atoms with E-state index in [2.05, 4.69) is 4.74 Å². The van der Waals surface area contributed by atoms with Gasteiger partial charge in [0, 0.05) is 12.7 Å². The summed E-state index contributed by atoms with van der Waals surface area (Å²) < 4.78 is 42.9. The van der Waals surface area contributed by atoms with Gasteiger partial charge in [-0.2, -0.15) is 0 Å². The summed E-state index contributed by atoms with van der Waals surface area (Å²) >= 11 is 0. The average Bonchev–Trinajstić information content (AvgIpc) is 2.37. The minimum absolute atomic E-state index is 0. The molecule has 0 aromatic heterocycles. The van der Waals surface area contributed by atoms with E-state index in [0.29, 0.717) is 0 Å². The van der Waals surface area contributed by atoms with Gasteiger partial charge in [0.05, 0.1) is 17.1 Å². The molecule has 1 aromatic rings. The number of carbonyl (C=O) groups excluding carboxylic acids is 2. The molecule has 0 N–H and O–H groups in total. The first kappa shape index (κ1) is 20.2. The topological polar surface area (TPSA) is 110 Å². The third-order valence-corrected chi connectivity index (χ3v) is 3.27. The number of esters is 1. The van der Waals surface area contributed by atoms with E-state index in [-0.39, 0.29) is 48.3 Å². The number of hydrogen-bond donors (Lipinski definition) is 0. The van der Waals surface area contributed by atoms with Crippen molar-refractivity contribution < 1.29 is 61.6 Å². The third-order valence-electron chi connectivity index (χ3n) is 2.40. The maximum atomic E-state index is 11.7. The predicted molar refractivity (Wildman–Crippen MR) is 66.6 cm³/mol. The summed E-state index contributed by atoms with van der Waals surface area (Å²) in [5.41, 5.74) is -0.381. The van der Waals surface area contributed by atoms with Gasteiger partial charge >= 0.3 is 35.5 Å². The fraction of sp³-hybridized carbons (Fsp3) is 0.333. The van der Waals surface area contributed by atoms with Crippen LogP contribution in [0, 0.1) is 0 Å². The van der Waals surface area contributed by atoms with Crippen LogP contribution in [0.15, 0.2) is 23.1 Å². The predicted octanol–water partition coefficient (Wildman–Crippen LogP) is -2.40. The zero-order valence-corrected chi connectivity index (χ0v) is 14.7. The number of hydrogen-bond acceptors (Lipinski definition) is 7. The van der Waals surface area contributed by atoms with E-state index in [9.17, 15) is 22.6 Å². The van der Waals surface area contributed by atoms with Crippen molar-refractivity contribution in [2.45, 2.75) is 11.8 Å². The molecule has 0 bridgehead atoms. The number of carbonyl (C=O) groups is 2. The monoisotopic (exact) mass is 324 g/mol. The van der Waals surface area contributed by atoms with Crippen molar-refractivity contribution in [3.8, 4) is 0 Å². The maximum Gasteiger partial charge on any atom is 1.00 e. The van der Waals surface area contributed by atoms with Crippen molar-refractivity contribution in [1.82, 2.24) is 0 Å². The quantitative estimate of drug-likeness (QED) is 0.189. The van der Waals surface area contributed by atoms with Crippen molar-refractivity contribution in [3.63, 3.8) is 0 Å². The molecule has 21 heavy (non-hydrogen) atoms. The Kier molecular flexibility index (Phi) is 8.30. The van der Waals surface area contributed by atoms with E-state index < -0.39 is 32.3 Å². The molecule has 0 radical (unpaired) electrons. The van der Waals surface area contributed by atoms with Crippen LogP contribution in [0.25, 0.3) is 0 Å². The van der Waals surface area contributed by atoms with Gasteiger partial charge in [-0.3, -0.25) is 4.79 Å². The first-order valence-electron chi connectivity index (χ1n) is 5.54. The number of benzene rings is 1. The van der Waals surface area contributed by atoms with Gasteiger partial charge in [-0.05, 0) is 19.1 Å². The zero-order chi connectivity index (χ0) is 15.3. The summed E-state index contributed by atoms with van der Waals surface area (Å²) in [6, 6.07) is 3.21. The van der Waals surface area contributed by atoms with E-state index in [1.54, 1.807) is 0 Å². The number of Topliss-reactive ketones (excluding diaryl/α,β-unsaturated/α-hetero) is 1. The van der Waals surface area contributed by atoms with Crippen molar-refractivity contribution in [2.75, 3.05) is 20.3 Å². The number of methoxy groups -OCH3 is 1. The molecular weight excluding hydrogens is 311 g/mol. The van der Waals surface area contributed by atoms with Crippen LogP contribution in [-0.4, -0.2) is 45.0 Å². The number of ether oxygens (including phenoxy) is 2. The molecule has 0 amide bonds. The van der Waals surface area contributed by atoms with E-state index in [1.807, 2.05) is 0 Å². The van der Waals surface area contributed by atoms with Crippen molar-refractivity contribution in [3.05, 3.63) is 29.3 Å². The van der Waals surface area contributed by atoms with Crippen LogP contribution in [-0.2, 0) is 19.6 Å². The van der Waals surface area contributed by atoms with Crippen LogP contribution >= 0.6 is 0 Å². The molecular formula is C12H13NaO7S. The van der Waals surface area contributed by atoms with Gasteiger partial charge in [0.15, 0.2) is 5.78 Å². The summed E-state index contributed by atoms with van der Waals surface area (Å²) in [4.78, 5) is 22.1.